The summed E-state index contributed by atoms with van der Waals surface area (Å²) < 4.78 is 0. The summed E-state index contributed by atoms with van der Waals surface area (Å²) in [6.07, 6.45) is 3.04. The molecule has 0 bridgehead atoms. The molecule has 5 nitrogen and oxygen atoms in total. The van der Waals surface area contributed by atoms with Crippen LogP contribution in [0.2, 0.25) is 0 Å². The summed E-state index contributed by atoms with van der Waals surface area (Å²) in [5.41, 5.74) is -0.287. The van der Waals surface area contributed by atoms with E-state index in [2.05, 4.69) is 5.32 Å². The van der Waals surface area contributed by atoms with Crippen LogP contribution >= 0.6 is 0 Å². The topological polar surface area (TPSA) is 66.5 Å². The third-order valence-electron chi connectivity index (χ3n) is 5.31. The number of rotatable bonds is 7. The van der Waals surface area contributed by atoms with Crippen molar-refractivity contribution in [2.24, 2.45) is 5.92 Å². The van der Waals surface area contributed by atoms with Gasteiger partial charge in [-0.1, -0.05) is 87.4 Å². The molecule has 1 fully saturated rings. The third kappa shape index (κ3) is 4.18. The molecular weight excluding hydrogens is 375 g/mol. The van der Waals surface area contributed by atoms with E-state index in [0.717, 1.165) is 17.7 Å². The van der Waals surface area contributed by atoms with Crippen LogP contribution in [0, 0.1) is 5.92 Å². The fourth-order valence-electron chi connectivity index (χ4n) is 4.08. The van der Waals surface area contributed by atoms with E-state index in [1.54, 1.807) is 24.3 Å². The molecule has 4 amide bonds. The molecule has 0 unspecified atom stereocenters. The Labute approximate surface area is 194 Å². The van der Waals surface area contributed by atoms with Crippen molar-refractivity contribution in [3.05, 3.63) is 71.8 Å². The van der Waals surface area contributed by atoms with Crippen LogP contribution < -0.4 is 5.32 Å². The van der Waals surface area contributed by atoms with Crippen LogP contribution in [0.4, 0.5) is 4.79 Å². The molecule has 1 radical (unpaired) electrons. The van der Waals surface area contributed by atoms with Gasteiger partial charge in [-0.15, -0.1) is 0 Å². The molecule has 0 atom stereocenters. The average Bonchev–Trinajstić information content (AvgIpc) is 2.99. The van der Waals surface area contributed by atoms with Crippen LogP contribution in [0.5, 0.6) is 0 Å². The Hall–Kier alpha value is -1.95. The van der Waals surface area contributed by atoms with Gasteiger partial charge in [-0.2, -0.15) is 0 Å². The summed E-state index contributed by atoms with van der Waals surface area (Å²) in [4.78, 5) is 40.8. The molecule has 3 rings (SSSR count). The Kier molecular flexibility index (Phi) is 8.20. The third-order valence-corrected chi connectivity index (χ3v) is 5.31. The maximum absolute atomic E-state index is 13.6. The first-order chi connectivity index (χ1) is 13.6. The van der Waals surface area contributed by atoms with Crippen molar-refractivity contribution in [1.29, 1.82) is 0 Å². The van der Waals surface area contributed by atoms with Crippen molar-refractivity contribution in [3.8, 4) is 0 Å². The quantitative estimate of drug-likeness (QED) is 0.566. The summed E-state index contributed by atoms with van der Waals surface area (Å²) in [6, 6.07) is 17.5. The second-order valence-corrected chi connectivity index (χ2v) is 7.15. The zero-order valence-electron chi connectivity index (χ0n) is 17.4. The summed E-state index contributed by atoms with van der Waals surface area (Å²) >= 11 is 0. The Morgan fingerprint density at radius 2 is 1.34 bits per heavy atom. The number of urea groups is 1. The molecule has 0 aromatic heterocycles. The standard InChI is InChI=1S/C23H26N2O3.Na/c1-3-11-17(12-4-2)20(26)25-22(28)24-21(27)23(25,18-13-7-5-8-14-18)19-15-9-6-10-16-19;/h5-10,13-17H,3-4,11-12H2,1-2H3,(H,24,27,28);. The summed E-state index contributed by atoms with van der Waals surface area (Å²) in [6.45, 7) is 4.04. The zero-order valence-corrected chi connectivity index (χ0v) is 19.4. The number of hydrogen-bond donors (Lipinski definition) is 1. The number of carbonyl (C=O) groups is 3. The molecule has 147 valence electrons. The molecule has 1 saturated heterocycles. The predicted octanol–water partition coefficient (Wildman–Crippen LogP) is 3.84. The summed E-state index contributed by atoms with van der Waals surface area (Å²) in [7, 11) is 0. The smallest absolute Gasteiger partial charge is 0.275 e. The van der Waals surface area contributed by atoms with Crippen molar-refractivity contribution < 1.29 is 14.4 Å². The van der Waals surface area contributed by atoms with Gasteiger partial charge in [-0.3, -0.25) is 14.9 Å². The molecule has 2 aromatic rings. The Morgan fingerprint density at radius 3 is 1.76 bits per heavy atom. The minimum atomic E-state index is -1.49. The molecule has 6 heteroatoms. The number of nitrogens with zero attached hydrogens (tertiary/aromatic N) is 1. The first-order valence-corrected chi connectivity index (χ1v) is 9.87. The van der Waals surface area contributed by atoms with Crippen molar-refractivity contribution >= 4 is 47.4 Å². The second kappa shape index (κ2) is 10.2. The number of benzene rings is 2. The monoisotopic (exact) mass is 401 g/mol. The zero-order chi connectivity index (χ0) is 20.1. The van der Waals surface area contributed by atoms with Crippen molar-refractivity contribution in [3.63, 3.8) is 0 Å². The first-order valence-electron chi connectivity index (χ1n) is 9.87. The van der Waals surface area contributed by atoms with Crippen molar-refractivity contribution in [1.82, 2.24) is 10.2 Å². The molecule has 0 saturated carbocycles. The molecule has 29 heavy (non-hydrogen) atoms. The van der Waals surface area contributed by atoms with E-state index in [1.807, 2.05) is 50.2 Å². The molecule has 1 aliphatic heterocycles. The van der Waals surface area contributed by atoms with E-state index in [4.69, 9.17) is 0 Å². The number of amides is 4. The average molecular weight is 401 g/mol. The van der Waals surface area contributed by atoms with Crippen molar-refractivity contribution in [2.75, 3.05) is 0 Å². The Bertz CT molecular complexity index is 809. The Balaban J connectivity index is 0.00000300. The second-order valence-electron chi connectivity index (χ2n) is 7.15. The normalized spacial score (nSPS) is 15.2. The van der Waals surface area contributed by atoms with Gasteiger partial charge in [0.15, 0.2) is 5.54 Å². The predicted molar refractivity (Wildman–Crippen MR) is 113 cm³/mol. The van der Waals surface area contributed by atoms with Crippen LogP contribution in [-0.2, 0) is 15.1 Å². The molecular formula is C23H26N2NaO3. The number of hydrogen-bond acceptors (Lipinski definition) is 3. The van der Waals surface area contributed by atoms with Crippen LogP contribution in [0.15, 0.2) is 60.7 Å². The van der Waals surface area contributed by atoms with Gasteiger partial charge in [-0.05, 0) is 24.0 Å². The van der Waals surface area contributed by atoms with Crippen LogP contribution in [-0.4, -0.2) is 52.3 Å². The van der Waals surface area contributed by atoms with Gasteiger partial charge in [0.2, 0.25) is 5.91 Å². The van der Waals surface area contributed by atoms with E-state index in [9.17, 15) is 14.4 Å². The summed E-state index contributed by atoms with van der Waals surface area (Å²) in [5.74, 6) is -1.08. The maximum atomic E-state index is 13.6. The molecule has 0 aliphatic carbocycles. The van der Waals surface area contributed by atoms with Gasteiger partial charge in [-0.25, -0.2) is 9.69 Å². The molecule has 0 spiro atoms. The van der Waals surface area contributed by atoms with Gasteiger partial charge in [0, 0.05) is 35.5 Å². The first kappa shape index (κ1) is 23.3. The van der Waals surface area contributed by atoms with Crippen LogP contribution in [0.3, 0.4) is 0 Å². The number of carbonyl (C=O) groups excluding carboxylic acids is 3. The molecule has 1 heterocycles. The molecule has 1 aliphatic rings. The van der Waals surface area contributed by atoms with Gasteiger partial charge in [0.05, 0.1) is 0 Å². The van der Waals surface area contributed by atoms with Gasteiger partial charge < -0.3 is 0 Å². The largest absolute Gasteiger partial charge is 0.332 e. The van der Waals surface area contributed by atoms with Gasteiger partial charge in [0.1, 0.15) is 0 Å². The number of nitrogens with one attached hydrogen (secondary N) is 1. The molecule has 1 N–H and O–H groups in total. The van der Waals surface area contributed by atoms with E-state index in [1.165, 1.54) is 0 Å². The molecule has 2 aromatic carbocycles. The van der Waals surface area contributed by atoms with Crippen LogP contribution in [0.25, 0.3) is 0 Å². The van der Waals surface area contributed by atoms with Gasteiger partial charge in [0.25, 0.3) is 5.91 Å². The minimum Gasteiger partial charge on any atom is -0.275 e. The Morgan fingerprint density at radius 1 is 0.897 bits per heavy atom. The SMILES string of the molecule is CCCC(CCC)C(=O)N1C(=O)NC(=O)C1(c1ccccc1)c1ccccc1.[Na]. The summed E-state index contributed by atoms with van der Waals surface area (Å²) in [5, 5.41) is 2.40. The van der Waals surface area contributed by atoms with Gasteiger partial charge >= 0.3 is 6.03 Å². The van der Waals surface area contributed by atoms with E-state index in [0.29, 0.717) is 24.0 Å². The minimum absolute atomic E-state index is 0. The fourth-order valence-corrected chi connectivity index (χ4v) is 4.08. The van der Waals surface area contributed by atoms with Crippen LogP contribution in [0.1, 0.15) is 50.7 Å². The van der Waals surface area contributed by atoms with E-state index < -0.39 is 17.5 Å². The van der Waals surface area contributed by atoms with Crippen molar-refractivity contribution in [2.45, 2.75) is 45.1 Å². The van der Waals surface area contributed by atoms with E-state index in [-0.39, 0.29) is 41.4 Å². The van der Waals surface area contributed by atoms with E-state index >= 15 is 0 Å². The number of imide groups is 2. The maximum Gasteiger partial charge on any atom is 0.332 e. The fraction of sp³-hybridized carbons (Fsp3) is 0.348.